The van der Waals surface area contributed by atoms with Crippen molar-refractivity contribution in [2.45, 2.75) is 19.8 Å². The topological polar surface area (TPSA) is 101 Å². The summed E-state index contributed by atoms with van der Waals surface area (Å²) in [5, 5.41) is 13.7. The van der Waals surface area contributed by atoms with Crippen LogP contribution in [0.3, 0.4) is 0 Å². The molecule has 0 bridgehead atoms. The van der Waals surface area contributed by atoms with E-state index in [9.17, 15) is 14.9 Å². The summed E-state index contributed by atoms with van der Waals surface area (Å²) in [7, 11) is 0. The first-order chi connectivity index (χ1) is 12.4. The zero-order valence-corrected chi connectivity index (χ0v) is 14.9. The number of halogens is 1. The summed E-state index contributed by atoms with van der Waals surface area (Å²) >= 11 is 6.00. The van der Waals surface area contributed by atoms with Gasteiger partial charge in [-0.15, -0.1) is 0 Å². The number of piperidine rings is 1. The summed E-state index contributed by atoms with van der Waals surface area (Å²) in [6.45, 7) is 4.04. The summed E-state index contributed by atoms with van der Waals surface area (Å²) < 4.78 is 0. The number of hydrogen-bond donors (Lipinski definition) is 1. The van der Waals surface area contributed by atoms with Crippen LogP contribution in [0.25, 0.3) is 0 Å². The second-order valence-electron chi connectivity index (χ2n) is 6.31. The molecule has 0 spiro atoms. The lowest BCUT2D eigenvalue weighted by Gasteiger charge is -2.31. The number of rotatable bonds is 4. The molecule has 0 saturated carbocycles. The van der Waals surface area contributed by atoms with Crippen molar-refractivity contribution in [1.82, 2.24) is 9.97 Å². The van der Waals surface area contributed by atoms with Gasteiger partial charge in [0.15, 0.2) is 0 Å². The van der Waals surface area contributed by atoms with E-state index in [0.29, 0.717) is 11.7 Å². The molecule has 1 amide bonds. The highest BCUT2D eigenvalue weighted by Crippen LogP contribution is 2.25. The predicted octanol–water partition coefficient (Wildman–Crippen LogP) is 3.53. The number of aromatic nitrogens is 2. The smallest absolute Gasteiger partial charge is 0.270 e. The molecule has 1 aromatic carbocycles. The Bertz CT molecular complexity index is 837. The quantitative estimate of drug-likeness (QED) is 0.648. The van der Waals surface area contributed by atoms with Crippen molar-refractivity contribution in [3.05, 3.63) is 51.3 Å². The first-order valence-electron chi connectivity index (χ1n) is 8.26. The highest BCUT2D eigenvalue weighted by atomic mass is 35.5. The Morgan fingerprint density at radius 3 is 2.73 bits per heavy atom. The maximum atomic E-state index is 12.4. The minimum Gasteiger partial charge on any atom is -0.356 e. The van der Waals surface area contributed by atoms with Gasteiger partial charge in [0.1, 0.15) is 18.0 Å². The third kappa shape index (κ3) is 4.08. The Labute approximate surface area is 155 Å². The van der Waals surface area contributed by atoms with E-state index >= 15 is 0 Å². The van der Waals surface area contributed by atoms with Crippen LogP contribution in [0.5, 0.6) is 0 Å². The van der Waals surface area contributed by atoms with Crippen molar-refractivity contribution >= 4 is 34.8 Å². The van der Waals surface area contributed by atoms with Crippen molar-refractivity contribution in [3.8, 4) is 0 Å². The van der Waals surface area contributed by atoms with Gasteiger partial charge in [-0.2, -0.15) is 0 Å². The summed E-state index contributed by atoms with van der Waals surface area (Å²) in [4.78, 5) is 33.2. The first kappa shape index (κ1) is 18.1. The molecule has 0 unspecified atom stereocenters. The molecule has 1 N–H and O–H groups in total. The number of non-ortho nitro benzene ring substituents is 1. The van der Waals surface area contributed by atoms with E-state index in [-0.39, 0.29) is 16.3 Å². The van der Waals surface area contributed by atoms with Gasteiger partial charge in [-0.25, -0.2) is 9.97 Å². The molecule has 1 saturated heterocycles. The molecular formula is C17H18ClN5O3. The minimum atomic E-state index is -0.576. The highest BCUT2D eigenvalue weighted by Gasteiger charge is 2.19. The standard InChI is InChI=1S/C17H18ClN5O3/c1-11-4-6-22(7-5-11)16-9-15(19-10-20-16)21-17(24)13-8-12(23(25)26)2-3-14(13)18/h2-3,8-11H,4-7H2,1H3,(H,19,20,21,24). The molecule has 0 atom stereocenters. The van der Waals surface area contributed by atoms with Crippen molar-refractivity contribution in [2.75, 3.05) is 23.3 Å². The van der Waals surface area contributed by atoms with Gasteiger partial charge in [-0.3, -0.25) is 14.9 Å². The van der Waals surface area contributed by atoms with Gasteiger partial charge < -0.3 is 10.2 Å². The van der Waals surface area contributed by atoms with Crippen LogP contribution in [-0.4, -0.2) is 33.9 Å². The van der Waals surface area contributed by atoms with Gasteiger partial charge in [0.2, 0.25) is 0 Å². The molecule has 3 rings (SSSR count). The fourth-order valence-electron chi connectivity index (χ4n) is 2.81. The fraction of sp³-hybridized carbons (Fsp3) is 0.353. The number of nitro benzene ring substituents is 1. The maximum Gasteiger partial charge on any atom is 0.270 e. The van der Waals surface area contributed by atoms with E-state index in [0.717, 1.165) is 37.8 Å². The Morgan fingerprint density at radius 1 is 1.31 bits per heavy atom. The van der Waals surface area contributed by atoms with Gasteiger partial charge in [0, 0.05) is 31.3 Å². The van der Waals surface area contributed by atoms with Crippen molar-refractivity contribution < 1.29 is 9.72 Å². The number of carbonyl (C=O) groups excluding carboxylic acids is 1. The normalized spacial score (nSPS) is 14.9. The summed E-state index contributed by atoms with van der Waals surface area (Å²) in [5.74, 6) is 1.20. The molecule has 0 aliphatic carbocycles. The third-order valence-electron chi connectivity index (χ3n) is 4.41. The average molecular weight is 376 g/mol. The van der Waals surface area contributed by atoms with Crippen LogP contribution < -0.4 is 10.2 Å². The summed E-state index contributed by atoms with van der Waals surface area (Å²) in [5.41, 5.74) is -0.182. The lowest BCUT2D eigenvalue weighted by molar-refractivity contribution is -0.384. The Kier molecular flexibility index (Phi) is 5.32. The summed E-state index contributed by atoms with van der Waals surface area (Å²) in [6.07, 6.45) is 3.57. The molecule has 26 heavy (non-hydrogen) atoms. The highest BCUT2D eigenvalue weighted by molar-refractivity contribution is 6.34. The number of amides is 1. The second kappa shape index (κ2) is 7.65. The number of nitro groups is 1. The maximum absolute atomic E-state index is 12.4. The third-order valence-corrected chi connectivity index (χ3v) is 4.74. The van der Waals surface area contributed by atoms with Crippen LogP contribution in [0.4, 0.5) is 17.3 Å². The molecule has 0 radical (unpaired) electrons. The average Bonchev–Trinajstić information content (AvgIpc) is 2.62. The molecule has 1 aromatic heterocycles. The number of anilines is 2. The Morgan fingerprint density at radius 2 is 2.04 bits per heavy atom. The monoisotopic (exact) mass is 375 g/mol. The van der Waals surface area contributed by atoms with E-state index in [4.69, 9.17) is 11.6 Å². The SMILES string of the molecule is CC1CCN(c2cc(NC(=O)c3cc([N+](=O)[O-])ccc3Cl)ncn2)CC1. The zero-order valence-electron chi connectivity index (χ0n) is 14.2. The van der Waals surface area contributed by atoms with E-state index in [1.807, 2.05) is 0 Å². The molecule has 9 heteroatoms. The Hall–Kier alpha value is -2.74. The number of nitrogens with one attached hydrogen (secondary N) is 1. The van der Waals surface area contributed by atoms with Crippen LogP contribution in [0.1, 0.15) is 30.1 Å². The number of hydrogen-bond acceptors (Lipinski definition) is 6. The van der Waals surface area contributed by atoms with Crippen LogP contribution >= 0.6 is 11.6 Å². The zero-order chi connectivity index (χ0) is 18.7. The second-order valence-corrected chi connectivity index (χ2v) is 6.71. The molecule has 1 aliphatic rings. The molecule has 2 heterocycles. The lowest BCUT2D eigenvalue weighted by Crippen LogP contribution is -2.33. The minimum absolute atomic E-state index is 0.0211. The Balaban J connectivity index is 1.77. The predicted molar refractivity (Wildman–Crippen MR) is 98.7 cm³/mol. The van der Waals surface area contributed by atoms with Crippen LogP contribution in [0, 0.1) is 16.0 Å². The molecular weight excluding hydrogens is 358 g/mol. The van der Waals surface area contributed by atoms with Crippen molar-refractivity contribution in [1.29, 1.82) is 0 Å². The van der Waals surface area contributed by atoms with Crippen LogP contribution in [-0.2, 0) is 0 Å². The van der Waals surface area contributed by atoms with Crippen molar-refractivity contribution in [3.63, 3.8) is 0 Å². The molecule has 136 valence electrons. The number of benzene rings is 1. The van der Waals surface area contributed by atoms with Crippen LogP contribution in [0.15, 0.2) is 30.6 Å². The van der Waals surface area contributed by atoms with E-state index < -0.39 is 10.8 Å². The van der Waals surface area contributed by atoms with E-state index in [1.165, 1.54) is 18.5 Å². The molecule has 1 aliphatic heterocycles. The number of carbonyl (C=O) groups is 1. The number of nitrogens with zero attached hydrogens (tertiary/aromatic N) is 4. The van der Waals surface area contributed by atoms with Gasteiger partial charge in [-0.1, -0.05) is 18.5 Å². The van der Waals surface area contributed by atoms with Gasteiger partial charge in [0.05, 0.1) is 15.5 Å². The van der Waals surface area contributed by atoms with E-state index in [2.05, 4.69) is 27.1 Å². The first-order valence-corrected chi connectivity index (χ1v) is 8.64. The lowest BCUT2D eigenvalue weighted by atomic mass is 9.99. The molecule has 1 fully saturated rings. The van der Waals surface area contributed by atoms with Gasteiger partial charge >= 0.3 is 0 Å². The van der Waals surface area contributed by atoms with Crippen LogP contribution in [0.2, 0.25) is 5.02 Å². The van der Waals surface area contributed by atoms with Gasteiger partial charge in [0.25, 0.3) is 11.6 Å². The molecule has 2 aromatic rings. The molecule has 8 nitrogen and oxygen atoms in total. The summed E-state index contributed by atoms with van der Waals surface area (Å²) in [6, 6.07) is 5.42. The van der Waals surface area contributed by atoms with Crippen molar-refractivity contribution in [2.24, 2.45) is 5.92 Å². The largest absolute Gasteiger partial charge is 0.356 e. The van der Waals surface area contributed by atoms with Gasteiger partial charge in [-0.05, 0) is 24.8 Å². The van der Waals surface area contributed by atoms with E-state index in [1.54, 1.807) is 6.07 Å². The fourth-order valence-corrected chi connectivity index (χ4v) is 3.01.